The summed E-state index contributed by atoms with van der Waals surface area (Å²) in [6.07, 6.45) is 5.56. The first kappa shape index (κ1) is 22.5. The third-order valence-electron chi connectivity index (χ3n) is 5.04. The van der Waals surface area contributed by atoms with Gasteiger partial charge in [0.2, 0.25) is 5.72 Å². The largest absolute Gasteiger partial charge is 0.459 e. The number of amides is 3. The molecule has 9 heteroatoms. The molecule has 1 aliphatic rings. The molecule has 1 N–H and O–H groups in total. The molecule has 7 nitrogen and oxygen atoms in total. The van der Waals surface area contributed by atoms with Crippen LogP contribution < -0.4 is 5.32 Å². The maximum absolute atomic E-state index is 14.0. The summed E-state index contributed by atoms with van der Waals surface area (Å²) < 4.78 is 39.4. The number of urea groups is 1. The van der Waals surface area contributed by atoms with Crippen molar-refractivity contribution in [1.29, 1.82) is 0 Å². The van der Waals surface area contributed by atoms with Crippen molar-refractivity contribution in [1.82, 2.24) is 10.3 Å². The first-order chi connectivity index (χ1) is 14.9. The van der Waals surface area contributed by atoms with Gasteiger partial charge in [0.05, 0.1) is 6.26 Å². The zero-order valence-corrected chi connectivity index (χ0v) is 17.5. The molecule has 0 saturated carbocycles. The lowest BCUT2D eigenvalue weighted by atomic mass is 9.98. The van der Waals surface area contributed by atoms with Crippen LogP contribution in [0, 0.1) is 11.6 Å². The summed E-state index contributed by atoms with van der Waals surface area (Å²) in [6.45, 7) is 4.01. The number of nitrogens with one attached hydrogen (secondary N) is 1. The number of furan rings is 1. The van der Waals surface area contributed by atoms with Crippen molar-refractivity contribution in [2.45, 2.75) is 58.1 Å². The lowest BCUT2D eigenvalue weighted by molar-refractivity contribution is -0.0542. The van der Waals surface area contributed by atoms with Gasteiger partial charge in [-0.1, -0.05) is 32.8 Å². The summed E-state index contributed by atoms with van der Waals surface area (Å²) in [5.74, 6) is -2.88. The van der Waals surface area contributed by atoms with Crippen LogP contribution in [0.15, 0.2) is 46.1 Å². The number of halogens is 2. The van der Waals surface area contributed by atoms with Crippen molar-refractivity contribution in [2.24, 2.45) is 5.10 Å². The molecule has 0 radical (unpaired) electrons. The van der Waals surface area contributed by atoms with Crippen LogP contribution in [0.3, 0.4) is 0 Å². The minimum Gasteiger partial charge on any atom is -0.459 e. The van der Waals surface area contributed by atoms with Crippen LogP contribution in [0.2, 0.25) is 0 Å². The van der Waals surface area contributed by atoms with Crippen LogP contribution in [-0.4, -0.2) is 28.6 Å². The van der Waals surface area contributed by atoms with Crippen LogP contribution in [0.25, 0.3) is 0 Å². The Morgan fingerprint density at radius 3 is 2.26 bits per heavy atom. The van der Waals surface area contributed by atoms with E-state index in [9.17, 15) is 18.4 Å². The molecule has 0 spiro atoms. The van der Waals surface area contributed by atoms with Crippen LogP contribution in [0.5, 0.6) is 0 Å². The van der Waals surface area contributed by atoms with E-state index >= 15 is 0 Å². The zero-order valence-electron chi connectivity index (χ0n) is 17.5. The number of ether oxygens (including phenoxy) is 1. The average molecular weight is 433 g/mol. The second-order valence-corrected chi connectivity index (χ2v) is 7.31. The van der Waals surface area contributed by atoms with E-state index in [2.05, 4.69) is 5.10 Å². The van der Waals surface area contributed by atoms with Crippen LogP contribution in [0.4, 0.5) is 13.6 Å². The lowest BCUT2D eigenvalue weighted by Crippen LogP contribution is -2.52. The molecule has 0 atom stereocenters. The number of hydrogen-bond acceptors (Lipinski definition) is 5. The van der Waals surface area contributed by atoms with Crippen molar-refractivity contribution in [3.8, 4) is 0 Å². The summed E-state index contributed by atoms with van der Waals surface area (Å²) in [6, 6.07) is 5.40. The highest BCUT2D eigenvalue weighted by Crippen LogP contribution is 2.36. The molecule has 3 rings (SSSR count). The minimum atomic E-state index is -1.19. The van der Waals surface area contributed by atoms with Gasteiger partial charge in [0.25, 0.3) is 11.8 Å². The molecule has 0 saturated heterocycles. The first-order valence-corrected chi connectivity index (χ1v) is 10.3. The second kappa shape index (κ2) is 9.72. The van der Waals surface area contributed by atoms with Crippen LogP contribution in [0.1, 0.15) is 68.5 Å². The van der Waals surface area contributed by atoms with Crippen molar-refractivity contribution in [3.63, 3.8) is 0 Å². The first-order valence-electron chi connectivity index (χ1n) is 10.3. The number of unbranched alkanes of at least 4 members (excludes halogenated alkanes) is 2. The molecular weight excluding hydrogens is 408 g/mol. The number of hydrazone groups is 1. The Hall–Kier alpha value is -3.23. The predicted molar refractivity (Wildman–Crippen MR) is 109 cm³/mol. The van der Waals surface area contributed by atoms with Gasteiger partial charge in [0.1, 0.15) is 17.2 Å². The molecule has 1 aromatic heterocycles. The maximum atomic E-state index is 14.0. The third kappa shape index (κ3) is 4.76. The van der Waals surface area contributed by atoms with Gasteiger partial charge in [-0.3, -0.25) is 10.1 Å². The van der Waals surface area contributed by atoms with E-state index in [1.165, 1.54) is 6.26 Å². The summed E-state index contributed by atoms with van der Waals surface area (Å²) in [4.78, 5) is 25.5. The van der Waals surface area contributed by atoms with Gasteiger partial charge >= 0.3 is 6.03 Å². The quantitative estimate of drug-likeness (QED) is 0.622. The van der Waals surface area contributed by atoms with Gasteiger partial charge in [-0.15, -0.1) is 5.10 Å². The fourth-order valence-electron chi connectivity index (χ4n) is 3.43. The van der Waals surface area contributed by atoms with Crippen LogP contribution in [-0.2, 0) is 4.74 Å². The number of imide groups is 1. The topological polar surface area (TPSA) is 84.1 Å². The van der Waals surface area contributed by atoms with Crippen molar-refractivity contribution in [3.05, 3.63) is 59.6 Å². The fraction of sp³-hybridized carbons (Fsp3) is 0.409. The Labute approximate surface area is 179 Å². The molecule has 1 aliphatic heterocycles. The van der Waals surface area contributed by atoms with Crippen molar-refractivity contribution in [2.75, 3.05) is 0 Å². The number of carbonyl (C=O) groups excluding carboxylic acids is 2. The van der Waals surface area contributed by atoms with Crippen molar-refractivity contribution < 1.29 is 27.5 Å². The molecule has 1 aromatic carbocycles. The van der Waals surface area contributed by atoms with E-state index in [4.69, 9.17) is 9.15 Å². The number of nitrogens with zero attached hydrogens (tertiary/aromatic N) is 2. The number of rotatable bonds is 8. The number of hydrogen-bond donors (Lipinski definition) is 1. The molecule has 0 unspecified atom stereocenters. The Morgan fingerprint density at radius 2 is 1.71 bits per heavy atom. The SMILES string of the molecule is CCCCC1(CCCC)OC(c2ccco2)=NN1C(=O)NC(=O)c1c(F)cccc1F. The molecule has 0 aliphatic carbocycles. The number of carbonyl (C=O) groups is 2. The standard InChI is InChI=1S/C22H25F2N3O4/c1-3-5-12-22(13-6-4-2)27(26-20(31-22)17-11-8-14-30-17)21(29)25-19(28)18-15(23)9-7-10-16(18)24/h7-11,14H,3-6,12-13H2,1-2H3,(H,25,28,29). The van der Waals surface area contributed by atoms with E-state index in [0.717, 1.165) is 48.9 Å². The smallest absolute Gasteiger partial charge is 0.348 e. The van der Waals surface area contributed by atoms with E-state index in [1.807, 2.05) is 19.2 Å². The highest BCUT2D eigenvalue weighted by molar-refractivity contribution is 6.05. The highest BCUT2D eigenvalue weighted by atomic mass is 19.1. The maximum Gasteiger partial charge on any atom is 0.348 e. The Bertz CT molecular complexity index is 931. The number of benzene rings is 1. The lowest BCUT2D eigenvalue weighted by Gasteiger charge is -2.34. The van der Waals surface area contributed by atoms with E-state index in [-0.39, 0.29) is 5.90 Å². The van der Waals surface area contributed by atoms with Gasteiger partial charge in [0.15, 0.2) is 5.76 Å². The van der Waals surface area contributed by atoms with Gasteiger partial charge in [-0.2, -0.15) is 5.01 Å². The summed E-state index contributed by atoms with van der Waals surface area (Å²) in [5.41, 5.74) is -1.97. The van der Waals surface area contributed by atoms with E-state index < -0.39 is 34.9 Å². The van der Waals surface area contributed by atoms with Crippen molar-refractivity contribution >= 4 is 17.8 Å². The second-order valence-electron chi connectivity index (χ2n) is 7.31. The fourth-order valence-corrected chi connectivity index (χ4v) is 3.43. The predicted octanol–water partition coefficient (Wildman–Crippen LogP) is 5.18. The van der Waals surface area contributed by atoms with Gasteiger partial charge in [0, 0.05) is 12.8 Å². The molecule has 2 heterocycles. The molecule has 3 amide bonds. The molecule has 2 aromatic rings. The Kier molecular flexibility index (Phi) is 7.04. The van der Waals surface area contributed by atoms with Gasteiger partial charge < -0.3 is 9.15 Å². The van der Waals surface area contributed by atoms with E-state index in [0.29, 0.717) is 18.6 Å². The molecular formula is C22H25F2N3O4. The van der Waals surface area contributed by atoms with Gasteiger partial charge in [-0.25, -0.2) is 13.6 Å². The molecule has 31 heavy (non-hydrogen) atoms. The summed E-state index contributed by atoms with van der Waals surface area (Å²) >= 11 is 0. The highest BCUT2D eigenvalue weighted by Gasteiger charge is 2.48. The van der Waals surface area contributed by atoms with Gasteiger partial charge in [-0.05, 0) is 37.1 Å². The molecule has 166 valence electrons. The van der Waals surface area contributed by atoms with E-state index in [1.54, 1.807) is 12.1 Å². The average Bonchev–Trinajstić information content (AvgIpc) is 3.39. The zero-order chi connectivity index (χ0) is 22.4. The normalized spacial score (nSPS) is 14.8. The molecule has 0 fully saturated rings. The minimum absolute atomic E-state index is 0.108. The third-order valence-corrected chi connectivity index (χ3v) is 5.04. The Balaban J connectivity index is 1.91. The van der Waals surface area contributed by atoms with Crippen LogP contribution >= 0.6 is 0 Å². The monoisotopic (exact) mass is 433 g/mol. The summed E-state index contributed by atoms with van der Waals surface area (Å²) in [5, 5.41) is 7.37. The Morgan fingerprint density at radius 1 is 1.06 bits per heavy atom. The summed E-state index contributed by atoms with van der Waals surface area (Å²) in [7, 11) is 0. The molecule has 0 bridgehead atoms.